The molecule has 0 radical (unpaired) electrons. The van der Waals surface area contributed by atoms with Gasteiger partial charge in [0.1, 0.15) is 12.3 Å². The van der Waals surface area contributed by atoms with E-state index in [-0.39, 0.29) is 12.5 Å². The van der Waals surface area contributed by atoms with Crippen LogP contribution in [-0.2, 0) is 11.3 Å². The maximum atomic E-state index is 11.6. The summed E-state index contributed by atoms with van der Waals surface area (Å²) in [5.41, 5.74) is 8.52. The average Bonchev–Trinajstić information content (AvgIpc) is 2.84. The van der Waals surface area contributed by atoms with Crippen molar-refractivity contribution in [2.75, 3.05) is 12.8 Å². The highest BCUT2D eigenvalue weighted by Crippen LogP contribution is 2.21. The number of rotatable bonds is 5. The summed E-state index contributed by atoms with van der Waals surface area (Å²) in [6, 6.07) is 5.44. The molecule has 1 aromatic heterocycles. The van der Waals surface area contributed by atoms with Crippen molar-refractivity contribution in [3.63, 3.8) is 0 Å². The number of hydrazone groups is 1. The maximum absolute atomic E-state index is 11.6. The van der Waals surface area contributed by atoms with E-state index < -0.39 is 5.91 Å². The molecule has 3 N–H and O–H groups in total. The molecule has 0 aliphatic carbocycles. The Kier molecular flexibility index (Phi) is 4.82. The van der Waals surface area contributed by atoms with Crippen LogP contribution < -0.4 is 15.9 Å². The molecule has 0 fully saturated rings. The fraction of sp³-hybridized carbons (Fsp3) is 0.182. The van der Waals surface area contributed by atoms with Gasteiger partial charge >= 0.3 is 0 Å². The lowest BCUT2D eigenvalue weighted by molar-refractivity contribution is -0.121. The van der Waals surface area contributed by atoms with E-state index in [9.17, 15) is 4.79 Å². The topological polar surface area (TPSA) is 120 Å². The lowest BCUT2D eigenvalue weighted by atomic mass is 10.2. The quantitative estimate of drug-likeness (QED) is 0.584. The van der Waals surface area contributed by atoms with Crippen molar-refractivity contribution >= 4 is 34.0 Å². The highest BCUT2D eigenvalue weighted by atomic mass is 79.9. The van der Waals surface area contributed by atoms with Crippen molar-refractivity contribution < 1.29 is 9.53 Å². The van der Waals surface area contributed by atoms with Crippen LogP contribution in [0.25, 0.3) is 0 Å². The molecule has 0 bridgehead atoms. The molecular formula is C11H12BrN7O2. The van der Waals surface area contributed by atoms with Crippen LogP contribution in [0.1, 0.15) is 5.56 Å². The number of hydrogen-bond acceptors (Lipinski definition) is 7. The lowest BCUT2D eigenvalue weighted by Crippen LogP contribution is -2.24. The number of nitrogens with one attached hydrogen (secondary N) is 1. The second kappa shape index (κ2) is 6.79. The van der Waals surface area contributed by atoms with Crippen LogP contribution in [-0.4, -0.2) is 39.4 Å². The van der Waals surface area contributed by atoms with Gasteiger partial charge in [0.2, 0.25) is 5.95 Å². The van der Waals surface area contributed by atoms with E-state index in [0.717, 1.165) is 9.15 Å². The van der Waals surface area contributed by atoms with Crippen molar-refractivity contribution in [3.8, 4) is 5.75 Å². The van der Waals surface area contributed by atoms with E-state index in [1.807, 2.05) is 12.1 Å². The third-order valence-corrected chi connectivity index (χ3v) is 2.93. The second-order valence-corrected chi connectivity index (χ2v) is 4.79. The number of benzene rings is 1. The zero-order valence-electron chi connectivity index (χ0n) is 11.0. The standard InChI is InChI=1S/C11H12BrN7O2/c1-21-9-3-2-8(12)4-7(9)5-14-15-10(20)6-19-11(13)16-17-18-19/h2-5H,6H2,1H3,(H,15,20)(H2,13,16,18)/b14-5+. The number of nitrogens with two attached hydrogens (primary N) is 1. The summed E-state index contributed by atoms with van der Waals surface area (Å²) in [6.07, 6.45) is 1.48. The molecule has 1 aromatic carbocycles. The number of hydrogen-bond donors (Lipinski definition) is 2. The smallest absolute Gasteiger partial charge is 0.261 e. The van der Waals surface area contributed by atoms with Gasteiger partial charge in [0.15, 0.2) is 0 Å². The predicted molar refractivity (Wildman–Crippen MR) is 78.7 cm³/mol. The second-order valence-electron chi connectivity index (χ2n) is 3.87. The molecule has 0 aliphatic rings. The molecule has 1 amide bonds. The van der Waals surface area contributed by atoms with Gasteiger partial charge in [-0.15, -0.1) is 0 Å². The first kappa shape index (κ1) is 14.9. The molecule has 110 valence electrons. The summed E-state index contributed by atoms with van der Waals surface area (Å²) in [6.45, 7) is -0.119. The van der Waals surface area contributed by atoms with E-state index >= 15 is 0 Å². The number of aromatic nitrogens is 4. The summed E-state index contributed by atoms with van der Waals surface area (Å²) in [5, 5.41) is 14.2. The first-order chi connectivity index (χ1) is 10.1. The summed E-state index contributed by atoms with van der Waals surface area (Å²) in [4.78, 5) is 11.6. The van der Waals surface area contributed by atoms with E-state index in [1.165, 1.54) is 6.21 Å². The first-order valence-corrected chi connectivity index (χ1v) is 6.56. The van der Waals surface area contributed by atoms with Crippen LogP contribution in [0.2, 0.25) is 0 Å². The maximum Gasteiger partial charge on any atom is 0.261 e. The van der Waals surface area contributed by atoms with Gasteiger partial charge in [-0.05, 0) is 28.6 Å². The number of tetrazole rings is 1. The zero-order chi connectivity index (χ0) is 15.2. The monoisotopic (exact) mass is 353 g/mol. The average molecular weight is 354 g/mol. The Morgan fingerprint density at radius 3 is 3.10 bits per heavy atom. The molecular weight excluding hydrogens is 342 g/mol. The molecule has 0 saturated carbocycles. The molecule has 10 heteroatoms. The molecule has 0 spiro atoms. The number of carbonyl (C=O) groups is 1. The van der Waals surface area contributed by atoms with E-state index in [0.29, 0.717) is 11.3 Å². The van der Waals surface area contributed by atoms with Gasteiger partial charge in [-0.1, -0.05) is 21.0 Å². The van der Waals surface area contributed by atoms with Gasteiger partial charge in [-0.3, -0.25) is 4.79 Å². The fourth-order valence-corrected chi connectivity index (χ4v) is 1.85. The van der Waals surface area contributed by atoms with Crippen LogP contribution in [0.3, 0.4) is 0 Å². The Balaban J connectivity index is 1.97. The lowest BCUT2D eigenvalue weighted by Gasteiger charge is -2.04. The Labute approximate surface area is 128 Å². The van der Waals surface area contributed by atoms with Gasteiger partial charge in [-0.25, -0.2) is 10.1 Å². The number of nitrogens with zero attached hydrogens (tertiary/aromatic N) is 5. The number of methoxy groups -OCH3 is 1. The Hall–Kier alpha value is -2.49. The van der Waals surface area contributed by atoms with Crippen LogP contribution in [0, 0.1) is 0 Å². The summed E-state index contributed by atoms with van der Waals surface area (Å²) >= 11 is 3.35. The van der Waals surface area contributed by atoms with E-state index in [4.69, 9.17) is 10.5 Å². The summed E-state index contributed by atoms with van der Waals surface area (Å²) < 4.78 is 7.22. The van der Waals surface area contributed by atoms with Gasteiger partial charge in [-0.2, -0.15) is 5.10 Å². The first-order valence-electron chi connectivity index (χ1n) is 5.77. The molecule has 2 aromatic rings. The molecule has 9 nitrogen and oxygen atoms in total. The van der Waals surface area contributed by atoms with Crippen LogP contribution in [0.15, 0.2) is 27.8 Å². The van der Waals surface area contributed by atoms with Crippen molar-refractivity contribution in [2.24, 2.45) is 5.10 Å². The van der Waals surface area contributed by atoms with E-state index in [1.54, 1.807) is 13.2 Å². The number of carbonyl (C=O) groups excluding carboxylic acids is 1. The van der Waals surface area contributed by atoms with Gasteiger partial charge in [0.05, 0.1) is 13.3 Å². The van der Waals surface area contributed by atoms with Crippen molar-refractivity contribution in [1.82, 2.24) is 25.6 Å². The van der Waals surface area contributed by atoms with Crippen LogP contribution in [0.4, 0.5) is 5.95 Å². The van der Waals surface area contributed by atoms with Crippen molar-refractivity contribution in [1.29, 1.82) is 0 Å². The normalized spacial score (nSPS) is 10.8. The predicted octanol–water partition coefficient (Wildman–Crippen LogP) is 0.177. The number of anilines is 1. The van der Waals surface area contributed by atoms with E-state index in [2.05, 4.69) is 42.0 Å². The number of ether oxygens (including phenoxy) is 1. The van der Waals surface area contributed by atoms with Crippen LogP contribution in [0.5, 0.6) is 5.75 Å². The molecule has 0 unspecified atom stereocenters. The van der Waals surface area contributed by atoms with Gasteiger partial charge in [0, 0.05) is 10.0 Å². The van der Waals surface area contributed by atoms with Gasteiger partial charge in [0.25, 0.3) is 5.91 Å². The van der Waals surface area contributed by atoms with Crippen LogP contribution >= 0.6 is 15.9 Å². The van der Waals surface area contributed by atoms with Crippen molar-refractivity contribution in [2.45, 2.75) is 6.54 Å². The third-order valence-electron chi connectivity index (χ3n) is 2.44. The molecule has 0 atom stereocenters. The van der Waals surface area contributed by atoms with Gasteiger partial charge < -0.3 is 10.5 Å². The zero-order valence-corrected chi connectivity index (χ0v) is 12.6. The fourth-order valence-electron chi connectivity index (χ4n) is 1.48. The minimum absolute atomic E-state index is 0.0581. The number of nitrogen functional groups attached to an aromatic ring is 1. The third kappa shape index (κ3) is 3.99. The highest BCUT2D eigenvalue weighted by molar-refractivity contribution is 9.10. The SMILES string of the molecule is COc1ccc(Br)cc1/C=N/NC(=O)Cn1nnnc1N. The molecule has 2 rings (SSSR count). The molecule has 1 heterocycles. The largest absolute Gasteiger partial charge is 0.496 e. The Bertz CT molecular complexity index is 670. The minimum atomic E-state index is -0.404. The molecule has 0 aliphatic heterocycles. The Morgan fingerprint density at radius 2 is 2.43 bits per heavy atom. The summed E-state index contributed by atoms with van der Waals surface area (Å²) in [5.74, 6) is 0.294. The number of halogens is 1. The summed E-state index contributed by atoms with van der Waals surface area (Å²) in [7, 11) is 1.56. The van der Waals surface area contributed by atoms with Crippen molar-refractivity contribution in [3.05, 3.63) is 28.2 Å². The number of amides is 1. The molecule has 0 saturated heterocycles. The minimum Gasteiger partial charge on any atom is -0.496 e. The Morgan fingerprint density at radius 1 is 1.62 bits per heavy atom. The highest BCUT2D eigenvalue weighted by Gasteiger charge is 2.07. The molecule has 21 heavy (non-hydrogen) atoms.